The van der Waals surface area contributed by atoms with Crippen molar-refractivity contribution in [3.63, 3.8) is 0 Å². The summed E-state index contributed by atoms with van der Waals surface area (Å²) in [5.41, 5.74) is 0. The number of nitrogens with zero attached hydrogens (tertiary/aromatic N) is 1. The molecule has 21 heavy (non-hydrogen) atoms. The van der Waals surface area contributed by atoms with Crippen LogP contribution in [0.15, 0.2) is 0 Å². The van der Waals surface area contributed by atoms with Crippen LogP contribution in [-0.2, 0) is 19.1 Å². The smallest absolute Gasteiger partial charge is 0.407 e. The molecule has 0 spiro atoms. The van der Waals surface area contributed by atoms with Gasteiger partial charge in [-0.2, -0.15) is 11.8 Å². The van der Waals surface area contributed by atoms with Crippen LogP contribution in [0.1, 0.15) is 13.3 Å². The van der Waals surface area contributed by atoms with Crippen molar-refractivity contribution in [3.8, 4) is 0 Å². The fourth-order valence-corrected chi connectivity index (χ4v) is 1.73. The first-order valence-electron chi connectivity index (χ1n) is 6.25. The van der Waals surface area contributed by atoms with Crippen LogP contribution in [0.25, 0.3) is 0 Å². The molecule has 0 aromatic carbocycles. The van der Waals surface area contributed by atoms with Gasteiger partial charge in [-0.3, -0.25) is 4.79 Å². The molecule has 10 heteroatoms. The molecule has 0 heterocycles. The van der Waals surface area contributed by atoms with Gasteiger partial charge in [-0.15, -0.1) is 10.1 Å². The number of ether oxygens (including phenoxy) is 2. The third-order valence-corrected chi connectivity index (χ3v) is 2.92. The van der Waals surface area contributed by atoms with Gasteiger partial charge in [-0.05, 0) is 25.4 Å². The second kappa shape index (κ2) is 12.2. The molecule has 0 aromatic rings. The van der Waals surface area contributed by atoms with Gasteiger partial charge in [0.2, 0.25) is 0 Å². The normalized spacial score (nSPS) is 11.5. The molecule has 0 radical (unpaired) electrons. The predicted octanol–water partition coefficient (Wildman–Crippen LogP) is 0.648. The van der Waals surface area contributed by atoms with E-state index in [2.05, 4.69) is 10.2 Å². The molecule has 0 aliphatic rings. The zero-order valence-electron chi connectivity index (χ0n) is 12.0. The van der Waals surface area contributed by atoms with Crippen molar-refractivity contribution in [2.24, 2.45) is 0 Å². The van der Waals surface area contributed by atoms with Crippen LogP contribution in [0.3, 0.4) is 0 Å². The van der Waals surface area contributed by atoms with E-state index in [0.29, 0.717) is 6.42 Å². The standard InChI is InChI=1S/C11H20N2O7S/c1-9(14)10(3-8-21-2)12-11(15)19-6-4-18-5-7-20-13(16)17/h10H,3-8H2,1-2H3,(H,12,15). The molecule has 0 saturated heterocycles. The Morgan fingerprint density at radius 1 is 1.29 bits per heavy atom. The van der Waals surface area contributed by atoms with Crippen LogP contribution in [0.4, 0.5) is 4.79 Å². The molecule has 1 N–H and O–H groups in total. The van der Waals surface area contributed by atoms with Crippen LogP contribution < -0.4 is 5.32 Å². The van der Waals surface area contributed by atoms with Gasteiger partial charge in [-0.25, -0.2) is 4.79 Å². The van der Waals surface area contributed by atoms with Crippen molar-refractivity contribution < 1.29 is 29.0 Å². The SMILES string of the molecule is CSCCC(NC(=O)OCCOCCO[N+](=O)[O-])C(C)=O. The van der Waals surface area contributed by atoms with Crippen molar-refractivity contribution >= 4 is 23.6 Å². The molecule has 0 rings (SSSR count). The summed E-state index contributed by atoms with van der Waals surface area (Å²) in [6.07, 6.45) is 1.76. The van der Waals surface area contributed by atoms with Gasteiger partial charge in [0.05, 0.1) is 19.3 Å². The first-order valence-corrected chi connectivity index (χ1v) is 7.64. The number of thioether (sulfide) groups is 1. The van der Waals surface area contributed by atoms with Crippen LogP contribution in [0.5, 0.6) is 0 Å². The largest absolute Gasteiger partial charge is 0.447 e. The fourth-order valence-electron chi connectivity index (χ4n) is 1.26. The van der Waals surface area contributed by atoms with Gasteiger partial charge in [-0.1, -0.05) is 0 Å². The lowest BCUT2D eigenvalue weighted by Crippen LogP contribution is -2.40. The molecule has 0 aliphatic carbocycles. The Labute approximate surface area is 126 Å². The second-order valence-corrected chi connectivity index (χ2v) is 4.88. The molecule has 0 aromatic heterocycles. The number of hydrogen-bond donors (Lipinski definition) is 1. The van der Waals surface area contributed by atoms with E-state index < -0.39 is 17.2 Å². The molecule has 9 nitrogen and oxygen atoms in total. The molecule has 0 saturated carbocycles. The molecule has 122 valence electrons. The van der Waals surface area contributed by atoms with Crippen LogP contribution in [0, 0.1) is 10.1 Å². The Kier molecular flexibility index (Phi) is 11.3. The van der Waals surface area contributed by atoms with Crippen molar-refractivity contribution in [2.45, 2.75) is 19.4 Å². The topological polar surface area (TPSA) is 117 Å². The van der Waals surface area contributed by atoms with E-state index in [1.165, 1.54) is 6.92 Å². The maximum absolute atomic E-state index is 11.4. The van der Waals surface area contributed by atoms with Gasteiger partial charge in [0.15, 0.2) is 5.78 Å². The van der Waals surface area contributed by atoms with E-state index in [1.54, 1.807) is 11.8 Å². The maximum atomic E-state index is 11.4. The molecule has 0 bridgehead atoms. The highest BCUT2D eigenvalue weighted by Gasteiger charge is 2.17. The zero-order chi connectivity index (χ0) is 16.1. The average Bonchev–Trinajstić information content (AvgIpc) is 2.41. The molecular weight excluding hydrogens is 304 g/mol. The summed E-state index contributed by atoms with van der Waals surface area (Å²) in [4.78, 5) is 36.6. The number of ketones is 1. The molecule has 1 unspecified atom stereocenters. The quantitative estimate of drug-likeness (QED) is 0.316. The van der Waals surface area contributed by atoms with Gasteiger partial charge < -0.3 is 19.6 Å². The number of amides is 1. The lowest BCUT2D eigenvalue weighted by molar-refractivity contribution is -0.758. The van der Waals surface area contributed by atoms with Crippen LogP contribution in [0.2, 0.25) is 0 Å². The highest BCUT2D eigenvalue weighted by Crippen LogP contribution is 2.02. The number of hydrogen-bond acceptors (Lipinski definition) is 8. The monoisotopic (exact) mass is 324 g/mol. The number of carbonyl (C=O) groups excluding carboxylic acids is 2. The fraction of sp³-hybridized carbons (Fsp3) is 0.818. The molecule has 0 aliphatic heterocycles. The highest BCUT2D eigenvalue weighted by molar-refractivity contribution is 7.98. The molecule has 1 atom stereocenters. The minimum absolute atomic E-state index is 0.0164. The first kappa shape index (κ1) is 19.4. The summed E-state index contributed by atoms with van der Waals surface area (Å²) in [6, 6.07) is -0.556. The minimum atomic E-state index is -0.913. The summed E-state index contributed by atoms with van der Waals surface area (Å²) < 4.78 is 9.77. The van der Waals surface area contributed by atoms with Crippen molar-refractivity contribution in [3.05, 3.63) is 10.1 Å². The van der Waals surface area contributed by atoms with E-state index >= 15 is 0 Å². The Morgan fingerprint density at radius 2 is 1.95 bits per heavy atom. The third-order valence-electron chi connectivity index (χ3n) is 2.28. The van der Waals surface area contributed by atoms with Crippen molar-refractivity contribution in [2.75, 3.05) is 38.4 Å². The van der Waals surface area contributed by atoms with E-state index in [-0.39, 0.29) is 32.2 Å². The number of alkyl carbamates (subject to hydrolysis) is 1. The molecule has 0 fully saturated rings. The Balaban J connectivity index is 3.68. The van der Waals surface area contributed by atoms with Crippen molar-refractivity contribution in [1.29, 1.82) is 0 Å². The number of nitrogens with one attached hydrogen (secondary N) is 1. The van der Waals surface area contributed by atoms with E-state index in [9.17, 15) is 19.7 Å². The predicted molar refractivity (Wildman–Crippen MR) is 75.7 cm³/mol. The Hall–Kier alpha value is -1.55. The van der Waals surface area contributed by atoms with Gasteiger partial charge in [0.25, 0.3) is 5.09 Å². The lowest BCUT2D eigenvalue weighted by atomic mass is 10.1. The van der Waals surface area contributed by atoms with Crippen LogP contribution in [-0.4, -0.2) is 61.4 Å². The van der Waals surface area contributed by atoms with Gasteiger partial charge in [0, 0.05) is 0 Å². The van der Waals surface area contributed by atoms with Gasteiger partial charge >= 0.3 is 6.09 Å². The summed E-state index contributed by atoms with van der Waals surface area (Å²) in [7, 11) is 0. The van der Waals surface area contributed by atoms with Gasteiger partial charge in [0.1, 0.15) is 13.2 Å². The van der Waals surface area contributed by atoms with E-state index in [1.807, 2.05) is 6.26 Å². The van der Waals surface area contributed by atoms with E-state index in [0.717, 1.165) is 5.75 Å². The zero-order valence-corrected chi connectivity index (χ0v) is 12.8. The number of Topliss-reactive ketones (excluding diaryl/α,β-unsaturated/α-hetero) is 1. The molecule has 1 amide bonds. The lowest BCUT2D eigenvalue weighted by Gasteiger charge is -2.15. The third kappa shape index (κ3) is 11.9. The molecular formula is C11H20N2O7S. The summed E-state index contributed by atoms with van der Waals surface area (Å²) in [5.74, 6) is 0.624. The van der Waals surface area contributed by atoms with Crippen molar-refractivity contribution in [1.82, 2.24) is 5.32 Å². The van der Waals surface area contributed by atoms with Crippen LogP contribution >= 0.6 is 11.8 Å². The number of rotatable bonds is 12. The summed E-state index contributed by atoms with van der Waals surface area (Å²) in [6.45, 7) is 1.32. The Morgan fingerprint density at radius 3 is 2.52 bits per heavy atom. The maximum Gasteiger partial charge on any atom is 0.407 e. The Bertz CT molecular complexity index is 341. The average molecular weight is 324 g/mol. The minimum Gasteiger partial charge on any atom is -0.447 e. The summed E-state index contributed by atoms with van der Waals surface area (Å²) in [5, 5.41) is 11.4. The number of carbonyl (C=O) groups is 2. The second-order valence-electron chi connectivity index (χ2n) is 3.89. The first-order chi connectivity index (χ1) is 9.97. The highest BCUT2D eigenvalue weighted by atomic mass is 32.2. The van der Waals surface area contributed by atoms with E-state index in [4.69, 9.17) is 9.47 Å². The summed E-state index contributed by atoms with van der Waals surface area (Å²) >= 11 is 1.58.